The highest BCUT2D eigenvalue weighted by molar-refractivity contribution is 8.00. The molecule has 7 heteroatoms. The van der Waals surface area contributed by atoms with E-state index in [2.05, 4.69) is 5.32 Å². The van der Waals surface area contributed by atoms with Gasteiger partial charge >= 0.3 is 12.0 Å². The number of hydrogen-bond acceptors (Lipinski definition) is 3. The van der Waals surface area contributed by atoms with Crippen LogP contribution in [-0.4, -0.2) is 45.6 Å². The number of halogens is 1. The number of nitrogens with one attached hydrogen (secondary N) is 1. The van der Waals surface area contributed by atoms with Crippen molar-refractivity contribution in [3.05, 3.63) is 29.6 Å². The number of hydrogen-bond donors (Lipinski definition) is 2. The molecule has 0 bridgehead atoms. The molecule has 1 heterocycles. The van der Waals surface area contributed by atoms with Crippen LogP contribution in [0.4, 0.5) is 14.9 Å². The summed E-state index contributed by atoms with van der Waals surface area (Å²) in [6, 6.07) is 2.86. The van der Waals surface area contributed by atoms with Crippen molar-refractivity contribution in [2.24, 2.45) is 0 Å². The Morgan fingerprint density at radius 3 is 2.81 bits per heavy atom. The number of carbonyl (C=O) groups excluding carboxylic acids is 1. The normalized spacial score (nSPS) is 22.0. The summed E-state index contributed by atoms with van der Waals surface area (Å²) in [6.07, 6.45) is 0. The zero-order valence-electron chi connectivity index (χ0n) is 11.8. The van der Waals surface area contributed by atoms with Gasteiger partial charge < -0.3 is 15.3 Å². The molecule has 0 aliphatic carbocycles. The van der Waals surface area contributed by atoms with E-state index < -0.39 is 17.8 Å². The fourth-order valence-corrected chi connectivity index (χ4v) is 3.31. The minimum Gasteiger partial charge on any atom is -0.478 e. The standard InChI is InChI=1S/C14H17FN2O3S/c1-8-9(2)21-6-5-17(8)14(20)16-12-7-10(15)3-4-11(12)13(18)19/h3-4,7-9H,5-6H2,1-2H3,(H,16,20)(H,18,19). The van der Waals surface area contributed by atoms with Crippen molar-refractivity contribution in [3.8, 4) is 0 Å². The van der Waals surface area contributed by atoms with E-state index in [9.17, 15) is 14.0 Å². The van der Waals surface area contributed by atoms with E-state index in [0.717, 1.165) is 24.0 Å². The smallest absolute Gasteiger partial charge is 0.337 e. The van der Waals surface area contributed by atoms with Gasteiger partial charge in [-0.25, -0.2) is 14.0 Å². The van der Waals surface area contributed by atoms with Gasteiger partial charge in [-0.3, -0.25) is 0 Å². The number of aromatic carboxylic acids is 1. The molecule has 0 saturated carbocycles. The fraction of sp³-hybridized carbons (Fsp3) is 0.429. The second-order valence-corrected chi connectivity index (χ2v) is 6.42. The lowest BCUT2D eigenvalue weighted by Crippen LogP contribution is -2.49. The average molecular weight is 312 g/mol. The van der Waals surface area contributed by atoms with Gasteiger partial charge in [-0.1, -0.05) is 6.92 Å². The number of carbonyl (C=O) groups is 2. The predicted molar refractivity (Wildman–Crippen MR) is 80.5 cm³/mol. The molecule has 0 spiro atoms. The first-order valence-electron chi connectivity index (χ1n) is 6.62. The summed E-state index contributed by atoms with van der Waals surface area (Å²) in [5.41, 5.74) is -0.151. The topological polar surface area (TPSA) is 69.6 Å². The van der Waals surface area contributed by atoms with Gasteiger partial charge in [-0.15, -0.1) is 0 Å². The molecule has 2 unspecified atom stereocenters. The van der Waals surface area contributed by atoms with Crippen molar-refractivity contribution >= 4 is 29.4 Å². The maximum Gasteiger partial charge on any atom is 0.337 e. The van der Waals surface area contributed by atoms with Gasteiger partial charge in [0.05, 0.1) is 11.3 Å². The van der Waals surface area contributed by atoms with Gasteiger partial charge in [0.2, 0.25) is 0 Å². The van der Waals surface area contributed by atoms with Crippen LogP contribution in [0.15, 0.2) is 18.2 Å². The number of carboxylic acid groups (broad SMARTS) is 1. The fourth-order valence-electron chi connectivity index (χ4n) is 2.21. The Labute approximate surface area is 126 Å². The SMILES string of the molecule is CC1SCCN(C(=O)Nc2cc(F)ccc2C(=O)O)C1C. The van der Waals surface area contributed by atoms with E-state index in [1.807, 2.05) is 13.8 Å². The molecule has 114 valence electrons. The third kappa shape index (κ3) is 3.47. The first kappa shape index (κ1) is 15.6. The van der Waals surface area contributed by atoms with Gasteiger partial charge in [-0.2, -0.15) is 11.8 Å². The van der Waals surface area contributed by atoms with Gasteiger partial charge in [0.1, 0.15) is 5.82 Å². The van der Waals surface area contributed by atoms with Crippen LogP contribution in [-0.2, 0) is 0 Å². The van der Waals surface area contributed by atoms with Crippen LogP contribution in [0.25, 0.3) is 0 Å². The Morgan fingerprint density at radius 1 is 1.43 bits per heavy atom. The molecule has 1 aromatic rings. The van der Waals surface area contributed by atoms with E-state index in [1.54, 1.807) is 16.7 Å². The summed E-state index contributed by atoms with van der Waals surface area (Å²) in [6.45, 7) is 4.57. The van der Waals surface area contributed by atoms with Gasteiger partial charge in [0.15, 0.2) is 0 Å². The lowest BCUT2D eigenvalue weighted by Gasteiger charge is -2.37. The molecule has 2 N–H and O–H groups in total. The highest BCUT2D eigenvalue weighted by atomic mass is 32.2. The van der Waals surface area contributed by atoms with Crippen molar-refractivity contribution in [1.82, 2.24) is 4.90 Å². The number of rotatable bonds is 2. The average Bonchev–Trinajstić information content (AvgIpc) is 2.41. The Balaban J connectivity index is 2.19. The second kappa shape index (κ2) is 6.34. The van der Waals surface area contributed by atoms with E-state index in [4.69, 9.17) is 5.11 Å². The lowest BCUT2D eigenvalue weighted by molar-refractivity contribution is 0.0698. The molecular formula is C14H17FN2O3S. The Bertz CT molecular complexity index is 567. The van der Waals surface area contributed by atoms with Crippen LogP contribution in [0, 0.1) is 5.82 Å². The molecule has 1 aliphatic heterocycles. The number of amides is 2. The number of benzene rings is 1. The van der Waals surface area contributed by atoms with Crippen molar-refractivity contribution < 1.29 is 19.1 Å². The molecule has 2 amide bonds. The van der Waals surface area contributed by atoms with Crippen LogP contribution in [0.5, 0.6) is 0 Å². The predicted octanol–water partition coefficient (Wildman–Crippen LogP) is 2.88. The molecule has 1 aliphatic rings. The Hall–Kier alpha value is -1.76. The molecule has 2 atom stereocenters. The third-order valence-electron chi connectivity index (χ3n) is 3.60. The molecule has 1 aromatic carbocycles. The van der Waals surface area contributed by atoms with E-state index in [-0.39, 0.29) is 17.3 Å². The summed E-state index contributed by atoms with van der Waals surface area (Å²) in [5, 5.41) is 11.9. The van der Waals surface area contributed by atoms with Crippen LogP contribution < -0.4 is 5.32 Å². The zero-order chi connectivity index (χ0) is 15.6. The van der Waals surface area contributed by atoms with E-state index in [1.165, 1.54) is 0 Å². The minimum absolute atomic E-state index is 0.0226. The maximum absolute atomic E-state index is 13.3. The highest BCUT2D eigenvalue weighted by Gasteiger charge is 2.29. The lowest BCUT2D eigenvalue weighted by atomic mass is 10.1. The van der Waals surface area contributed by atoms with Crippen molar-refractivity contribution in [1.29, 1.82) is 0 Å². The molecule has 2 rings (SSSR count). The third-order valence-corrected chi connectivity index (χ3v) is 4.94. The van der Waals surface area contributed by atoms with Crippen molar-refractivity contribution in [3.63, 3.8) is 0 Å². The van der Waals surface area contributed by atoms with E-state index in [0.29, 0.717) is 11.8 Å². The molecule has 0 radical (unpaired) electrons. The largest absolute Gasteiger partial charge is 0.478 e. The number of urea groups is 1. The molecule has 0 aromatic heterocycles. The molecular weight excluding hydrogens is 295 g/mol. The second-order valence-electron chi connectivity index (χ2n) is 4.94. The van der Waals surface area contributed by atoms with Crippen LogP contribution in [0.2, 0.25) is 0 Å². The molecule has 21 heavy (non-hydrogen) atoms. The van der Waals surface area contributed by atoms with Gasteiger partial charge in [0.25, 0.3) is 0 Å². The van der Waals surface area contributed by atoms with Crippen molar-refractivity contribution in [2.75, 3.05) is 17.6 Å². The monoisotopic (exact) mass is 312 g/mol. The Morgan fingerprint density at radius 2 is 2.14 bits per heavy atom. The zero-order valence-corrected chi connectivity index (χ0v) is 12.6. The summed E-state index contributed by atoms with van der Waals surface area (Å²) >= 11 is 1.79. The van der Waals surface area contributed by atoms with Crippen LogP contribution >= 0.6 is 11.8 Å². The van der Waals surface area contributed by atoms with Crippen LogP contribution in [0.1, 0.15) is 24.2 Å². The van der Waals surface area contributed by atoms with E-state index >= 15 is 0 Å². The minimum atomic E-state index is -1.21. The number of carboxylic acids is 1. The summed E-state index contributed by atoms with van der Waals surface area (Å²) in [5.74, 6) is -0.972. The quantitative estimate of drug-likeness (QED) is 0.881. The van der Waals surface area contributed by atoms with Gasteiger partial charge in [-0.05, 0) is 25.1 Å². The highest BCUT2D eigenvalue weighted by Crippen LogP contribution is 2.25. The first-order valence-corrected chi connectivity index (χ1v) is 7.67. The number of thioether (sulfide) groups is 1. The number of anilines is 1. The summed E-state index contributed by atoms with van der Waals surface area (Å²) in [4.78, 5) is 25.1. The number of nitrogens with zero attached hydrogens (tertiary/aromatic N) is 1. The van der Waals surface area contributed by atoms with Gasteiger partial charge in [0, 0.05) is 23.6 Å². The molecule has 1 saturated heterocycles. The Kier molecular flexibility index (Phi) is 4.72. The summed E-state index contributed by atoms with van der Waals surface area (Å²) in [7, 11) is 0. The first-order chi connectivity index (χ1) is 9.90. The van der Waals surface area contributed by atoms with Crippen LogP contribution in [0.3, 0.4) is 0 Å². The molecule has 1 fully saturated rings. The summed E-state index contributed by atoms with van der Waals surface area (Å²) < 4.78 is 13.3. The van der Waals surface area contributed by atoms with Crippen molar-refractivity contribution in [2.45, 2.75) is 25.1 Å². The molecule has 5 nitrogen and oxygen atoms in total. The maximum atomic E-state index is 13.3.